The van der Waals surface area contributed by atoms with Crippen molar-refractivity contribution in [1.82, 2.24) is 0 Å². The third-order valence-electron chi connectivity index (χ3n) is 3.76. The van der Waals surface area contributed by atoms with E-state index in [-0.39, 0.29) is 6.61 Å². The molecule has 0 saturated heterocycles. The van der Waals surface area contributed by atoms with Crippen LogP contribution in [0.3, 0.4) is 0 Å². The topological polar surface area (TPSA) is 45.0 Å². The summed E-state index contributed by atoms with van der Waals surface area (Å²) in [6, 6.07) is 9.78. The van der Waals surface area contributed by atoms with Gasteiger partial charge in [-0.3, -0.25) is 0 Å². The van der Waals surface area contributed by atoms with Crippen LogP contribution in [0.5, 0.6) is 5.75 Å². The number of hydrogen-bond donors (Lipinski definition) is 1. The molecule has 0 bridgehead atoms. The van der Waals surface area contributed by atoms with E-state index < -0.39 is 0 Å². The minimum absolute atomic E-state index is 0.106. The molecule has 0 aromatic heterocycles. The van der Waals surface area contributed by atoms with Crippen LogP contribution in [0.2, 0.25) is 0 Å². The molecule has 2 rings (SSSR count). The van der Waals surface area contributed by atoms with E-state index >= 15 is 0 Å². The Morgan fingerprint density at radius 3 is 2.58 bits per heavy atom. The summed E-state index contributed by atoms with van der Waals surface area (Å²) in [7, 11) is 0. The standard InChI is InChI=1S/C16H22N2O/c17-11-13-19-16-8-6-15(7-9-16)18-12-10-14-4-2-1-3-5-14/h6-9,14,18H,1-5,10,12-13H2. The number of rotatable bonds is 6. The number of nitrogens with zero attached hydrogens (tertiary/aromatic N) is 1. The molecular formula is C16H22N2O. The van der Waals surface area contributed by atoms with Crippen LogP contribution in [0.15, 0.2) is 24.3 Å². The fourth-order valence-corrected chi connectivity index (χ4v) is 2.68. The van der Waals surface area contributed by atoms with Crippen molar-refractivity contribution >= 4 is 5.69 Å². The smallest absolute Gasteiger partial charge is 0.174 e. The van der Waals surface area contributed by atoms with Crippen LogP contribution in [0.4, 0.5) is 5.69 Å². The number of ether oxygens (including phenoxy) is 1. The zero-order valence-corrected chi connectivity index (χ0v) is 11.4. The van der Waals surface area contributed by atoms with Crippen LogP contribution in [-0.2, 0) is 0 Å². The molecule has 1 aliphatic rings. The molecule has 0 spiro atoms. The van der Waals surface area contributed by atoms with Crippen molar-refractivity contribution in [1.29, 1.82) is 5.26 Å². The molecule has 1 saturated carbocycles. The first-order valence-electron chi connectivity index (χ1n) is 7.22. The fraction of sp³-hybridized carbons (Fsp3) is 0.562. The molecule has 0 amide bonds. The molecule has 0 radical (unpaired) electrons. The number of anilines is 1. The molecule has 3 heteroatoms. The van der Waals surface area contributed by atoms with E-state index in [9.17, 15) is 0 Å². The van der Waals surface area contributed by atoms with Gasteiger partial charge in [-0.05, 0) is 36.6 Å². The Bertz CT molecular complexity index is 402. The second-order valence-electron chi connectivity index (χ2n) is 5.19. The predicted octanol–water partition coefficient (Wildman–Crippen LogP) is 3.97. The quantitative estimate of drug-likeness (QED) is 0.839. The van der Waals surface area contributed by atoms with Gasteiger partial charge >= 0.3 is 0 Å². The Balaban J connectivity index is 1.69. The number of benzene rings is 1. The molecule has 0 heterocycles. The van der Waals surface area contributed by atoms with Crippen molar-refractivity contribution in [3.63, 3.8) is 0 Å². The van der Waals surface area contributed by atoms with Crippen LogP contribution in [0, 0.1) is 17.2 Å². The molecule has 1 aromatic rings. The minimum Gasteiger partial charge on any atom is -0.479 e. The Morgan fingerprint density at radius 1 is 1.16 bits per heavy atom. The average Bonchev–Trinajstić information content (AvgIpc) is 2.47. The summed E-state index contributed by atoms with van der Waals surface area (Å²) >= 11 is 0. The summed E-state index contributed by atoms with van der Waals surface area (Å²) in [5, 5.41) is 11.9. The number of hydrogen-bond acceptors (Lipinski definition) is 3. The molecule has 1 aromatic carbocycles. The summed E-state index contributed by atoms with van der Waals surface area (Å²) in [5.74, 6) is 1.67. The highest BCUT2D eigenvalue weighted by molar-refractivity contribution is 5.46. The van der Waals surface area contributed by atoms with Gasteiger partial charge in [0.05, 0.1) is 0 Å². The van der Waals surface area contributed by atoms with Crippen LogP contribution in [-0.4, -0.2) is 13.2 Å². The molecule has 1 fully saturated rings. The van der Waals surface area contributed by atoms with E-state index in [1.54, 1.807) is 0 Å². The summed E-state index contributed by atoms with van der Waals surface area (Å²) in [6.45, 7) is 1.15. The second-order valence-corrected chi connectivity index (χ2v) is 5.19. The van der Waals surface area contributed by atoms with Gasteiger partial charge in [0.2, 0.25) is 0 Å². The lowest BCUT2D eigenvalue weighted by Gasteiger charge is -2.21. The molecule has 102 valence electrons. The van der Waals surface area contributed by atoms with Gasteiger partial charge in [-0.15, -0.1) is 0 Å². The van der Waals surface area contributed by atoms with Gasteiger partial charge in [-0.2, -0.15) is 5.26 Å². The van der Waals surface area contributed by atoms with Crippen LogP contribution >= 0.6 is 0 Å². The maximum atomic E-state index is 8.43. The van der Waals surface area contributed by atoms with Crippen LogP contribution in [0.1, 0.15) is 38.5 Å². The van der Waals surface area contributed by atoms with Crippen molar-refractivity contribution < 1.29 is 4.74 Å². The van der Waals surface area contributed by atoms with Gasteiger partial charge in [0.15, 0.2) is 6.61 Å². The average molecular weight is 258 g/mol. The summed E-state index contributed by atoms with van der Waals surface area (Å²) in [6.07, 6.45) is 8.33. The normalized spacial score (nSPS) is 15.7. The SMILES string of the molecule is N#CCOc1ccc(NCCC2CCCCC2)cc1. The monoisotopic (exact) mass is 258 g/mol. The van der Waals surface area contributed by atoms with Gasteiger partial charge in [-0.25, -0.2) is 0 Å². The number of nitrogens with one attached hydrogen (secondary N) is 1. The lowest BCUT2D eigenvalue weighted by Crippen LogP contribution is -2.12. The minimum atomic E-state index is 0.106. The van der Waals surface area contributed by atoms with E-state index in [0.29, 0.717) is 0 Å². The van der Waals surface area contributed by atoms with Gasteiger partial charge in [-0.1, -0.05) is 32.1 Å². The van der Waals surface area contributed by atoms with Gasteiger partial charge in [0.1, 0.15) is 11.8 Å². The first kappa shape index (κ1) is 13.7. The highest BCUT2D eigenvalue weighted by Crippen LogP contribution is 2.26. The highest BCUT2D eigenvalue weighted by atomic mass is 16.5. The highest BCUT2D eigenvalue weighted by Gasteiger charge is 2.12. The van der Waals surface area contributed by atoms with Gasteiger partial charge in [0, 0.05) is 12.2 Å². The third-order valence-corrected chi connectivity index (χ3v) is 3.76. The maximum Gasteiger partial charge on any atom is 0.174 e. The number of nitriles is 1. The second kappa shape index (κ2) is 7.68. The van der Waals surface area contributed by atoms with E-state index in [2.05, 4.69) is 5.32 Å². The van der Waals surface area contributed by atoms with Crippen molar-refractivity contribution in [3.8, 4) is 11.8 Å². The van der Waals surface area contributed by atoms with Crippen molar-refractivity contribution in [2.24, 2.45) is 5.92 Å². The summed E-state index contributed by atoms with van der Waals surface area (Å²) in [5.41, 5.74) is 1.13. The summed E-state index contributed by atoms with van der Waals surface area (Å²) in [4.78, 5) is 0. The van der Waals surface area contributed by atoms with Crippen LogP contribution < -0.4 is 10.1 Å². The van der Waals surface area contributed by atoms with E-state index in [0.717, 1.165) is 23.9 Å². The van der Waals surface area contributed by atoms with Crippen LogP contribution in [0.25, 0.3) is 0 Å². The maximum absolute atomic E-state index is 8.43. The molecule has 0 unspecified atom stereocenters. The van der Waals surface area contributed by atoms with Crippen molar-refractivity contribution in [2.45, 2.75) is 38.5 Å². The molecule has 3 nitrogen and oxygen atoms in total. The first-order chi connectivity index (χ1) is 9.38. The predicted molar refractivity (Wildman–Crippen MR) is 77.2 cm³/mol. The largest absolute Gasteiger partial charge is 0.479 e. The molecule has 0 aliphatic heterocycles. The Morgan fingerprint density at radius 2 is 1.89 bits per heavy atom. The Labute approximate surface area is 115 Å². The molecule has 19 heavy (non-hydrogen) atoms. The van der Waals surface area contributed by atoms with Gasteiger partial charge < -0.3 is 10.1 Å². The molecule has 1 aliphatic carbocycles. The molecule has 1 N–H and O–H groups in total. The lowest BCUT2D eigenvalue weighted by molar-refractivity contribution is 0.345. The van der Waals surface area contributed by atoms with Crippen molar-refractivity contribution in [2.75, 3.05) is 18.5 Å². The van der Waals surface area contributed by atoms with Gasteiger partial charge in [0.25, 0.3) is 0 Å². The fourth-order valence-electron chi connectivity index (χ4n) is 2.68. The lowest BCUT2D eigenvalue weighted by atomic mass is 9.87. The van der Waals surface area contributed by atoms with E-state index in [1.165, 1.54) is 38.5 Å². The van der Waals surface area contributed by atoms with Crippen molar-refractivity contribution in [3.05, 3.63) is 24.3 Å². The Kier molecular flexibility index (Phi) is 5.55. The van der Waals surface area contributed by atoms with E-state index in [1.807, 2.05) is 30.3 Å². The zero-order valence-electron chi connectivity index (χ0n) is 11.4. The summed E-state index contributed by atoms with van der Waals surface area (Å²) < 4.78 is 5.22. The Hall–Kier alpha value is -1.69. The van der Waals surface area contributed by atoms with E-state index in [4.69, 9.17) is 10.00 Å². The first-order valence-corrected chi connectivity index (χ1v) is 7.22. The third kappa shape index (κ3) is 4.82. The molecular weight excluding hydrogens is 236 g/mol. The zero-order chi connectivity index (χ0) is 13.3. The molecule has 0 atom stereocenters.